The quantitative estimate of drug-likeness (QED) is 0.485. The van der Waals surface area contributed by atoms with Gasteiger partial charge in [-0.25, -0.2) is 13.1 Å². The molecule has 0 aliphatic heterocycles. The molecule has 0 saturated carbocycles. The molecule has 2 aromatic rings. The van der Waals surface area contributed by atoms with Gasteiger partial charge in [0.05, 0.1) is 22.7 Å². The smallest absolute Gasteiger partial charge is 0.240 e. The summed E-state index contributed by atoms with van der Waals surface area (Å²) in [5.41, 5.74) is 1.15. The maximum absolute atomic E-state index is 12.3. The van der Waals surface area contributed by atoms with Gasteiger partial charge < -0.3 is 9.47 Å². The van der Waals surface area contributed by atoms with Crippen molar-refractivity contribution in [2.45, 2.75) is 17.7 Å². The molecule has 5 nitrogen and oxygen atoms in total. The molecule has 0 spiro atoms. The molecule has 0 aromatic heterocycles. The molecule has 2 aromatic carbocycles. The van der Waals surface area contributed by atoms with Crippen molar-refractivity contribution in [3.63, 3.8) is 0 Å². The molecule has 2 rings (SSSR count). The van der Waals surface area contributed by atoms with Crippen molar-refractivity contribution in [2.75, 3.05) is 20.8 Å². The van der Waals surface area contributed by atoms with Crippen LogP contribution in [-0.4, -0.2) is 29.2 Å². The fraction of sp³-hybridized carbons (Fsp3) is 0.294. The minimum absolute atomic E-state index is 0.247. The first-order valence-corrected chi connectivity index (χ1v) is 9.98. The van der Waals surface area contributed by atoms with E-state index in [1.165, 1.54) is 0 Å². The summed E-state index contributed by atoms with van der Waals surface area (Å²) in [6, 6.07) is 12.6. The summed E-state index contributed by atoms with van der Waals surface area (Å²) in [4.78, 5) is 0.247. The third-order valence-corrected chi connectivity index (χ3v) is 5.83. The molecule has 0 radical (unpaired) electrons. The zero-order chi connectivity index (χ0) is 17.6. The first-order chi connectivity index (χ1) is 11.5. The molecule has 130 valence electrons. The minimum Gasteiger partial charge on any atom is -0.497 e. The molecule has 0 aliphatic rings. The van der Waals surface area contributed by atoms with Crippen molar-refractivity contribution in [1.82, 2.24) is 4.72 Å². The van der Waals surface area contributed by atoms with Crippen molar-refractivity contribution in [2.24, 2.45) is 0 Å². The lowest BCUT2D eigenvalue weighted by Crippen LogP contribution is -2.25. The highest BCUT2D eigenvalue weighted by atomic mass is 127. The molecule has 0 unspecified atom stereocenters. The Bertz CT molecular complexity index is 776. The van der Waals surface area contributed by atoms with Crippen molar-refractivity contribution in [3.8, 4) is 11.5 Å². The van der Waals surface area contributed by atoms with Crippen LogP contribution in [0.2, 0.25) is 0 Å². The SMILES string of the molecule is COc1ccc(CCCNS(=O)(=O)c2ccc(OC)c(I)c2)cc1. The second kappa shape index (κ2) is 8.68. The summed E-state index contributed by atoms with van der Waals surface area (Å²) < 4.78 is 38.3. The van der Waals surface area contributed by atoms with Crippen LogP contribution < -0.4 is 14.2 Å². The summed E-state index contributed by atoms with van der Waals surface area (Å²) >= 11 is 2.06. The number of aryl methyl sites for hydroxylation is 1. The van der Waals surface area contributed by atoms with E-state index in [9.17, 15) is 8.42 Å². The number of ether oxygens (including phenoxy) is 2. The second-order valence-corrected chi connectivity index (χ2v) is 8.07. The van der Waals surface area contributed by atoms with Gasteiger partial charge in [-0.3, -0.25) is 0 Å². The van der Waals surface area contributed by atoms with E-state index < -0.39 is 10.0 Å². The number of halogens is 1. The number of nitrogens with one attached hydrogen (secondary N) is 1. The number of rotatable bonds is 8. The van der Waals surface area contributed by atoms with Gasteiger partial charge in [-0.2, -0.15) is 0 Å². The monoisotopic (exact) mass is 461 g/mol. The number of benzene rings is 2. The van der Waals surface area contributed by atoms with Crippen LogP contribution in [0, 0.1) is 3.57 Å². The molecular weight excluding hydrogens is 441 g/mol. The zero-order valence-corrected chi connectivity index (χ0v) is 16.6. The summed E-state index contributed by atoms with van der Waals surface area (Å²) in [5, 5.41) is 0. The van der Waals surface area contributed by atoms with Crippen LogP contribution >= 0.6 is 22.6 Å². The molecule has 0 aliphatic carbocycles. The van der Waals surface area contributed by atoms with Gasteiger partial charge in [0.15, 0.2) is 0 Å². The van der Waals surface area contributed by atoms with Gasteiger partial charge in [0, 0.05) is 6.54 Å². The van der Waals surface area contributed by atoms with Crippen molar-refractivity contribution < 1.29 is 17.9 Å². The van der Waals surface area contributed by atoms with Crippen LogP contribution in [0.25, 0.3) is 0 Å². The van der Waals surface area contributed by atoms with Crippen LogP contribution in [0.15, 0.2) is 47.4 Å². The molecule has 1 N–H and O–H groups in total. The maximum atomic E-state index is 12.3. The molecular formula is C17H20INO4S. The average molecular weight is 461 g/mol. The van der Waals surface area contributed by atoms with Crippen LogP contribution in [0.5, 0.6) is 11.5 Å². The van der Waals surface area contributed by atoms with Crippen molar-refractivity contribution >= 4 is 32.6 Å². The van der Waals surface area contributed by atoms with Gasteiger partial charge in [-0.05, 0) is 71.3 Å². The van der Waals surface area contributed by atoms with Crippen LogP contribution in [0.4, 0.5) is 0 Å². The normalized spacial score (nSPS) is 11.3. The number of sulfonamides is 1. The fourth-order valence-electron chi connectivity index (χ4n) is 2.19. The van der Waals surface area contributed by atoms with E-state index in [0.717, 1.165) is 27.7 Å². The van der Waals surface area contributed by atoms with E-state index in [2.05, 4.69) is 27.3 Å². The molecule has 0 heterocycles. The van der Waals surface area contributed by atoms with Crippen LogP contribution in [0.1, 0.15) is 12.0 Å². The Morgan fingerprint density at radius 2 is 1.75 bits per heavy atom. The lowest BCUT2D eigenvalue weighted by atomic mass is 10.1. The van der Waals surface area contributed by atoms with E-state index in [1.807, 2.05) is 24.3 Å². The Morgan fingerprint density at radius 1 is 1.04 bits per heavy atom. The van der Waals surface area contributed by atoms with Gasteiger partial charge in [-0.15, -0.1) is 0 Å². The minimum atomic E-state index is -3.50. The van der Waals surface area contributed by atoms with Gasteiger partial charge in [0.25, 0.3) is 0 Å². The van der Waals surface area contributed by atoms with E-state index in [0.29, 0.717) is 12.3 Å². The van der Waals surface area contributed by atoms with E-state index in [-0.39, 0.29) is 4.90 Å². The van der Waals surface area contributed by atoms with Crippen molar-refractivity contribution in [1.29, 1.82) is 0 Å². The summed E-state index contributed by atoms with van der Waals surface area (Å²) in [6.07, 6.45) is 1.52. The Balaban J connectivity index is 1.89. The Morgan fingerprint density at radius 3 is 2.33 bits per heavy atom. The standard InChI is InChI=1S/C17H20INO4S/c1-22-14-7-5-13(6-8-14)4-3-11-19-24(20,21)15-9-10-17(23-2)16(18)12-15/h5-10,12,19H,3-4,11H2,1-2H3. The largest absolute Gasteiger partial charge is 0.497 e. The first kappa shape index (κ1) is 19.0. The predicted octanol–water partition coefficient (Wildman–Crippen LogP) is 3.22. The van der Waals surface area contributed by atoms with Gasteiger partial charge in [0.1, 0.15) is 11.5 Å². The van der Waals surface area contributed by atoms with Gasteiger partial charge >= 0.3 is 0 Å². The highest BCUT2D eigenvalue weighted by Crippen LogP contribution is 2.23. The highest BCUT2D eigenvalue weighted by molar-refractivity contribution is 14.1. The van der Waals surface area contributed by atoms with Gasteiger partial charge in [-0.1, -0.05) is 12.1 Å². The third kappa shape index (κ3) is 5.09. The lowest BCUT2D eigenvalue weighted by molar-refractivity contribution is 0.411. The number of hydrogen-bond donors (Lipinski definition) is 1. The van der Waals surface area contributed by atoms with Crippen molar-refractivity contribution in [3.05, 3.63) is 51.6 Å². The summed E-state index contributed by atoms with van der Waals surface area (Å²) in [7, 11) is -0.315. The molecule has 0 bridgehead atoms. The second-order valence-electron chi connectivity index (χ2n) is 5.15. The van der Waals surface area contributed by atoms with Crippen LogP contribution in [-0.2, 0) is 16.4 Å². The highest BCUT2D eigenvalue weighted by Gasteiger charge is 2.15. The topological polar surface area (TPSA) is 64.6 Å². The zero-order valence-electron chi connectivity index (χ0n) is 13.6. The van der Waals surface area contributed by atoms with E-state index >= 15 is 0 Å². The Hall–Kier alpha value is -1.32. The predicted molar refractivity (Wildman–Crippen MR) is 102 cm³/mol. The number of methoxy groups -OCH3 is 2. The third-order valence-electron chi connectivity index (χ3n) is 3.53. The lowest BCUT2D eigenvalue weighted by Gasteiger charge is -2.09. The Kier molecular flexibility index (Phi) is 6.88. The summed E-state index contributed by atoms with van der Waals surface area (Å²) in [5.74, 6) is 1.47. The number of hydrogen-bond acceptors (Lipinski definition) is 4. The van der Waals surface area contributed by atoms with E-state index in [1.54, 1.807) is 32.4 Å². The molecule has 24 heavy (non-hydrogen) atoms. The van der Waals surface area contributed by atoms with Crippen LogP contribution in [0.3, 0.4) is 0 Å². The molecule has 0 fully saturated rings. The molecule has 0 saturated heterocycles. The maximum Gasteiger partial charge on any atom is 0.240 e. The van der Waals surface area contributed by atoms with E-state index in [4.69, 9.17) is 9.47 Å². The van der Waals surface area contributed by atoms with Gasteiger partial charge in [0.2, 0.25) is 10.0 Å². The Labute approximate surface area is 156 Å². The fourth-order valence-corrected chi connectivity index (χ4v) is 4.24. The molecule has 0 amide bonds. The molecule has 7 heteroatoms. The first-order valence-electron chi connectivity index (χ1n) is 7.42. The summed E-state index contributed by atoms with van der Waals surface area (Å²) in [6.45, 7) is 0.386. The molecule has 0 atom stereocenters. The average Bonchev–Trinajstić information content (AvgIpc) is 2.59.